The van der Waals surface area contributed by atoms with Crippen LogP contribution < -0.4 is 4.74 Å². The molecule has 0 saturated carbocycles. The number of aromatic nitrogens is 3. The third kappa shape index (κ3) is 5.43. The van der Waals surface area contributed by atoms with Crippen molar-refractivity contribution in [3.05, 3.63) is 235 Å². The van der Waals surface area contributed by atoms with Crippen molar-refractivity contribution < 1.29 is 4.74 Å². The summed E-state index contributed by atoms with van der Waals surface area (Å²) in [6, 6.07) is 75.4. The summed E-state index contributed by atoms with van der Waals surface area (Å²) in [5, 5.41) is 2.45. The van der Waals surface area contributed by atoms with E-state index in [-0.39, 0.29) is 0 Å². The highest BCUT2D eigenvalue weighted by Crippen LogP contribution is 2.62. The molecule has 1 spiro atoms. The fraction of sp³-hybridized carbons (Fsp3) is 0.0172. The van der Waals surface area contributed by atoms with E-state index < -0.39 is 5.41 Å². The predicted molar refractivity (Wildman–Crippen MR) is 257 cm³/mol. The first kappa shape index (κ1) is 35.7. The molecule has 4 nitrogen and oxygen atoms in total. The lowest BCUT2D eigenvalue weighted by Crippen LogP contribution is -2.32. The van der Waals surface area contributed by atoms with Crippen molar-refractivity contribution in [2.75, 3.05) is 0 Å². The lowest BCUT2D eigenvalue weighted by Gasteiger charge is -2.39. The van der Waals surface area contributed by atoms with Crippen LogP contribution in [-0.4, -0.2) is 15.0 Å². The van der Waals surface area contributed by atoms with Gasteiger partial charge in [-0.2, -0.15) is 0 Å². The Hall–Kier alpha value is -7.99. The predicted octanol–water partition coefficient (Wildman–Crippen LogP) is 15.0. The Labute approximate surface area is 368 Å². The van der Waals surface area contributed by atoms with Gasteiger partial charge in [-0.05, 0) is 74.8 Å². The molecule has 0 fully saturated rings. The Bertz CT molecular complexity index is 3570. The van der Waals surface area contributed by atoms with Crippen LogP contribution in [0.3, 0.4) is 0 Å². The Balaban J connectivity index is 0.965. The van der Waals surface area contributed by atoms with Gasteiger partial charge >= 0.3 is 0 Å². The van der Waals surface area contributed by atoms with Crippen LogP contribution in [-0.2, 0) is 5.41 Å². The van der Waals surface area contributed by atoms with Gasteiger partial charge in [-0.15, -0.1) is 11.3 Å². The van der Waals surface area contributed by atoms with Gasteiger partial charge in [0.25, 0.3) is 0 Å². The van der Waals surface area contributed by atoms with E-state index in [4.69, 9.17) is 19.7 Å². The quantitative estimate of drug-likeness (QED) is 0.173. The minimum Gasteiger partial charge on any atom is -0.457 e. The van der Waals surface area contributed by atoms with Gasteiger partial charge in [0, 0.05) is 48.0 Å². The van der Waals surface area contributed by atoms with Gasteiger partial charge in [0.2, 0.25) is 0 Å². The zero-order chi connectivity index (χ0) is 41.5. The molecule has 3 heterocycles. The summed E-state index contributed by atoms with van der Waals surface area (Å²) in [5.74, 6) is 3.69. The third-order valence-electron chi connectivity index (χ3n) is 12.9. The summed E-state index contributed by atoms with van der Waals surface area (Å²) in [6.07, 6.45) is 0. The van der Waals surface area contributed by atoms with Crippen molar-refractivity contribution in [1.82, 2.24) is 15.0 Å². The second-order valence-corrected chi connectivity index (χ2v) is 17.3. The number of hydrogen-bond donors (Lipinski definition) is 0. The summed E-state index contributed by atoms with van der Waals surface area (Å²) >= 11 is 1.78. The van der Waals surface area contributed by atoms with Crippen molar-refractivity contribution in [2.24, 2.45) is 0 Å². The number of para-hydroxylation sites is 2. The van der Waals surface area contributed by atoms with E-state index in [1.807, 2.05) is 6.07 Å². The summed E-state index contributed by atoms with van der Waals surface area (Å²) in [6.45, 7) is 0. The average molecular weight is 822 g/mol. The number of fused-ring (bicyclic) bond motifs is 12. The molecule has 0 bridgehead atoms. The molecule has 9 aromatic carbocycles. The number of rotatable bonds is 5. The fourth-order valence-electron chi connectivity index (χ4n) is 10.1. The van der Waals surface area contributed by atoms with Crippen LogP contribution in [0.2, 0.25) is 0 Å². The number of hydrogen-bond acceptors (Lipinski definition) is 5. The fourth-order valence-corrected chi connectivity index (χ4v) is 11.3. The molecule has 0 amide bonds. The molecular weight excluding hydrogens is 787 g/mol. The van der Waals surface area contributed by atoms with E-state index in [2.05, 4.69) is 206 Å². The van der Waals surface area contributed by atoms with E-state index in [1.165, 1.54) is 42.4 Å². The Morgan fingerprint density at radius 1 is 0.333 bits per heavy atom. The molecule has 294 valence electrons. The molecular formula is C58H35N3OS. The van der Waals surface area contributed by atoms with E-state index in [9.17, 15) is 0 Å². The van der Waals surface area contributed by atoms with Crippen molar-refractivity contribution in [2.45, 2.75) is 5.41 Å². The van der Waals surface area contributed by atoms with Crippen molar-refractivity contribution in [3.8, 4) is 79.0 Å². The molecule has 63 heavy (non-hydrogen) atoms. The van der Waals surface area contributed by atoms with Crippen LogP contribution in [0.5, 0.6) is 11.5 Å². The molecule has 1 aliphatic carbocycles. The van der Waals surface area contributed by atoms with Crippen LogP contribution in [0.25, 0.3) is 87.7 Å². The number of thiophene rings is 1. The number of ether oxygens (including phenoxy) is 1. The SMILES string of the molecule is c1ccc(-c2ccccc2-c2nc(-c3ccc(-c4ccc5c(c4)C4(c6ccccc6Oc6ccccc64)c4ccccc4-5)cc3)nc(-c3cccc4c3sc3ccccc34)n2)cc1. The third-order valence-corrected chi connectivity index (χ3v) is 14.1. The van der Waals surface area contributed by atoms with E-state index in [0.717, 1.165) is 61.6 Å². The van der Waals surface area contributed by atoms with Gasteiger partial charge in [0.15, 0.2) is 17.5 Å². The molecule has 0 radical (unpaired) electrons. The molecule has 2 aliphatic rings. The summed E-state index contributed by atoms with van der Waals surface area (Å²) in [7, 11) is 0. The molecule has 0 N–H and O–H groups in total. The van der Waals surface area contributed by atoms with Crippen LogP contribution in [0, 0.1) is 0 Å². The van der Waals surface area contributed by atoms with Crippen molar-refractivity contribution in [3.63, 3.8) is 0 Å². The van der Waals surface area contributed by atoms with Gasteiger partial charge in [0.1, 0.15) is 11.5 Å². The summed E-state index contributed by atoms with van der Waals surface area (Å²) in [4.78, 5) is 15.8. The summed E-state index contributed by atoms with van der Waals surface area (Å²) < 4.78 is 8.99. The van der Waals surface area contributed by atoms with E-state index in [0.29, 0.717) is 17.5 Å². The zero-order valence-corrected chi connectivity index (χ0v) is 34.7. The first-order valence-electron chi connectivity index (χ1n) is 21.3. The first-order chi connectivity index (χ1) is 31.2. The minimum absolute atomic E-state index is 0.529. The maximum absolute atomic E-state index is 6.59. The highest BCUT2D eigenvalue weighted by Gasteiger charge is 2.51. The second-order valence-electron chi connectivity index (χ2n) is 16.2. The maximum Gasteiger partial charge on any atom is 0.165 e. The number of benzene rings is 9. The molecule has 11 aromatic rings. The molecule has 2 aromatic heterocycles. The molecule has 1 aliphatic heterocycles. The van der Waals surface area contributed by atoms with Gasteiger partial charge in [-0.3, -0.25) is 0 Å². The molecule has 0 unspecified atom stereocenters. The average Bonchev–Trinajstić information content (AvgIpc) is 3.88. The van der Waals surface area contributed by atoms with Crippen LogP contribution >= 0.6 is 11.3 Å². The number of nitrogens with zero attached hydrogens (tertiary/aromatic N) is 3. The van der Waals surface area contributed by atoms with Gasteiger partial charge in [-0.1, -0.05) is 182 Å². The highest BCUT2D eigenvalue weighted by molar-refractivity contribution is 7.26. The normalized spacial score (nSPS) is 13.0. The van der Waals surface area contributed by atoms with E-state index in [1.54, 1.807) is 11.3 Å². The lowest BCUT2D eigenvalue weighted by atomic mass is 9.66. The lowest BCUT2D eigenvalue weighted by molar-refractivity contribution is 0.436. The first-order valence-corrected chi connectivity index (χ1v) is 22.1. The highest BCUT2D eigenvalue weighted by atomic mass is 32.1. The molecule has 13 rings (SSSR count). The standard InChI is InChI=1S/C58H35N3OS/c1-2-15-37(16-3-1)40-17-4-5-20-45(40)56-59-55(60-57(61-56)46-22-14-21-44-43-19-7-13-28-53(43)63-54(44)46)38-31-29-36(30-32-38)39-33-34-42-41-18-6-8-23-47(41)58(50(42)35-39)48-24-9-11-26-51(48)62-52-27-12-10-25-49(52)58/h1-35H. The van der Waals surface area contributed by atoms with Gasteiger partial charge in [-0.25, -0.2) is 15.0 Å². The molecule has 0 atom stereocenters. The minimum atomic E-state index is -0.529. The monoisotopic (exact) mass is 821 g/mol. The largest absolute Gasteiger partial charge is 0.457 e. The topological polar surface area (TPSA) is 47.9 Å². The van der Waals surface area contributed by atoms with Gasteiger partial charge < -0.3 is 4.74 Å². The Morgan fingerprint density at radius 3 is 1.65 bits per heavy atom. The molecule has 5 heteroatoms. The Kier molecular flexibility index (Phi) is 7.96. The zero-order valence-electron chi connectivity index (χ0n) is 33.9. The van der Waals surface area contributed by atoms with Crippen LogP contribution in [0.4, 0.5) is 0 Å². The second kappa shape index (κ2) is 14.0. The van der Waals surface area contributed by atoms with Crippen molar-refractivity contribution in [1.29, 1.82) is 0 Å². The van der Waals surface area contributed by atoms with Crippen LogP contribution in [0.15, 0.2) is 212 Å². The van der Waals surface area contributed by atoms with Gasteiger partial charge in [0.05, 0.1) is 5.41 Å². The summed E-state index contributed by atoms with van der Waals surface area (Å²) in [5.41, 5.74) is 14.1. The Morgan fingerprint density at radius 2 is 0.873 bits per heavy atom. The van der Waals surface area contributed by atoms with E-state index >= 15 is 0 Å². The maximum atomic E-state index is 6.59. The van der Waals surface area contributed by atoms with Crippen LogP contribution in [0.1, 0.15) is 22.3 Å². The van der Waals surface area contributed by atoms with Crippen molar-refractivity contribution >= 4 is 31.5 Å². The smallest absolute Gasteiger partial charge is 0.165 e. The molecule has 0 saturated heterocycles.